The van der Waals surface area contributed by atoms with Crippen LogP contribution in [0.15, 0.2) is 18.2 Å². The van der Waals surface area contributed by atoms with E-state index in [1.54, 1.807) is 0 Å². The van der Waals surface area contributed by atoms with Gasteiger partial charge in [0.05, 0.1) is 5.56 Å². The van der Waals surface area contributed by atoms with Gasteiger partial charge in [0.1, 0.15) is 5.82 Å². The minimum absolute atomic E-state index is 0.0529. The topological polar surface area (TPSA) is 0 Å². The van der Waals surface area contributed by atoms with E-state index in [9.17, 15) is 13.2 Å². The molecule has 1 rings (SSSR count). The molecule has 0 nitrogen and oxygen atoms in total. The van der Waals surface area contributed by atoms with Gasteiger partial charge in [0, 0.05) is 5.02 Å². The number of rotatable bonds is 1. The van der Waals surface area contributed by atoms with Crippen LogP contribution in [0.5, 0.6) is 0 Å². The fourth-order valence-electron chi connectivity index (χ4n) is 0.719. The SMILES string of the molecule is Fc1cc(Cl)ccc1C(F)(F)Cl. The third kappa shape index (κ3) is 2.05. The Balaban J connectivity index is 3.19. The third-order valence-corrected chi connectivity index (χ3v) is 1.68. The Kier molecular flexibility index (Phi) is 2.54. The van der Waals surface area contributed by atoms with Crippen molar-refractivity contribution >= 4 is 23.2 Å². The van der Waals surface area contributed by atoms with Crippen LogP contribution >= 0.6 is 23.2 Å². The number of hydrogen-bond donors (Lipinski definition) is 0. The van der Waals surface area contributed by atoms with Crippen LogP contribution in [0.1, 0.15) is 5.56 Å². The van der Waals surface area contributed by atoms with E-state index < -0.39 is 16.8 Å². The Morgan fingerprint density at radius 3 is 2.25 bits per heavy atom. The molecule has 1 aromatic rings. The van der Waals surface area contributed by atoms with E-state index in [0.29, 0.717) is 0 Å². The van der Waals surface area contributed by atoms with Crippen LogP contribution in [0.2, 0.25) is 5.02 Å². The molecule has 66 valence electrons. The first kappa shape index (κ1) is 9.68. The standard InChI is InChI=1S/C7H3Cl2F3/c8-4-1-2-5(6(10)3-4)7(9,11)12/h1-3H. The first-order chi connectivity index (χ1) is 5.41. The average Bonchev–Trinajstić information content (AvgIpc) is 1.83. The highest BCUT2D eigenvalue weighted by Crippen LogP contribution is 2.34. The molecule has 0 aromatic heterocycles. The minimum atomic E-state index is -3.69. The average molecular weight is 215 g/mol. The summed E-state index contributed by atoms with van der Waals surface area (Å²) in [6, 6.07) is 2.79. The molecule has 0 radical (unpaired) electrons. The van der Waals surface area contributed by atoms with Crippen LogP contribution in [0.4, 0.5) is 13.2 Å². The summed E-state index contributed by atoms with van der Waals surface area (Å²) < 4.78 is 37.4. The maximum Gasteiger partial charge on any atom is 0.351 e. The van der Waals surface area contributed by atoms with Gasteiger partial charge in [0.2, 0.25) is 0 Å². The maximum absolute atomic E-state index is 12.7. The van der Waals surface area contributed by atoms with Crippen molar-refractivity contribution < 1.29 is 13.2 Å². The van der Waals surface area contributed by atoms with Gasteiger partial charge in [-0.1, -0.05) is 11.6 Å². The van der Waals surface area contributed by atoms with Gasteiger partial charge in [-0.25, -0.2) is 4.39 Å². The summed E-state index contributed by atoms with van der Waals surface area (Å²) in [5, 5.41) is -3.63. The van der Waals surface area contributed by atoms with E-state index in [-0.39, 0.29) is 5.02 Å². The number of alkyl halides is 3. The van der Waals surface area contributed by atoms with E-state index in [1.807, 2.05) is 0 Å². The van der Waals surface area contributed by atoms with E-state index in [0.717, 1.165) is 18.2 Å². The summed E-state index contributed by atoms with van der Waals surface area (Å²) >= 11 is 9.94. The third-order valence-electron chi connectivity index (χ3n) is 1.24. The Labute approximate surface area is 76.9 Å². The second-order valence-corrected chi connectivity index (χ2v) is 3.03. The molecule has 0 fully saturated rings. The lowest BCUT2D eigenvalue weighted by atomic mass is 10.2. The predicted octanol–water partition coefficient (Wildman–Crippen LogP) is 3.77. The van der Waals surface area contributed by atoms with Crippen LogP contribution in [0, 0.1) is 5.82 Å². The molecule has 0 heterocycles. The Hall–Kier alpha value is -0.410. The van der Waals surface area contributed by atoms with Crippen molar-refractivity contribution in [3.63, 3.8) is 0 Å². The molecule has 0 aliphatic rings. The van der Waals surface area contributed by atoms with Crippen molar-refractivity contribution in [3.05, 3.63) is 34.6 Å². The van der Waals surface area contributed by atoms with E-state index in [2.05, 4.69) is 11.6 Å². The molecule has 0 aliphatic carbocycles. The summed E-state index contributed by atoms with van der Waals surface area (Å²) in [6.45, 7) is 0. The van der Waals surface area contributed by atoms with Gasteiger partial charge in [-0.2, -0.15) is 8.78 Å². The van der Waals surface area contributed by atoms with Crippen molar-refractivity contribution in [3.8, 4) is 0 Å². The fraction of sp³-hybridized carbons (Fsp3) is 0.143. The van der Waals surface area contributed by atoms with Crippen molar-refractivity contribution in [2.75, 3.05) is 0 Å². The smallest absolute Gasteiger partial charge is 0.206 e. The van der Waals surface area contributed by atoms with Gasteiger partial charge in [-0.3, -0.25) is 0 Å². The lowest BCUT2D eigenvalue weighted by Crippen LogP contribution is -2.05. The van der Waals surface area contributed by atoms with Gasteiger partial charge in [-0.05, 0) is 29.8 Å². The van der Waals surface area contributed by atoms with Crippen LogP contribution in [-0.2, 0) is 5.38 Å². The summed E-state index contributed by atoms with van der Waals surface area (Å²) in [6.07, 6.45) is 0. The first-order valence-electron chi connectivity index (χ1n) is 2.93. The molecule has 12 heavy (non-hydrogen) atoms. The zero-order valence-electron chi connectivity index (χ0n) is 5.62. The molecule has 0 bridgehead atoms. The van der Waals surface area contributed by atoms with Crippen molar-refractivity contribution in [2.24, 2.45) is 0 Å². The molecule has 0 saturated heterocycles. The molecule has 0 unspecified atom stereocenters. The van der Waals surface area contributed by atoms with Crippen LogP contribution in [0.3, 0.4) is 0 Å². The number of halogens is 5. The molecule has 0 saturated carbocycles. The maximum atomic E-state index is 12.7. The highest BCUT2D eigenvalue weighted by atomic mass is 35.5. The minimum Gasteiger partial charge on any atom is -0.206 e. The molecule has 5 heteroatoms. The van der Waals surface area contributed by atoms with Gasteiger partial charge in [-0.15, -0.1) is 0 Å². The Morgan fingerprint density at radius 1 is 1.25 bits per heavy atom. The summed E-state index contributed by atoms with van der Waals surface area (Å²) in [4.78, 5) is 0. The molecule has 1 aromatic carbocycles. The van der Waals surface area contributed by atoms with E-state index >= 15 is 0 Å². The molecular formula is C7H3Cl2F3. The molecule has 0 aliphatic heterocycles. The van der Waals surface area contributed by atoms with Crippen LogP contribution in [-0.4, -0.2) is 0 Å². The second kappa shape index (κ2) is 3.15. The normalized spacial score (nSPS) is 11.8. The quantitative estimate of drug-likeness (QED) is 0.625. The van der Waals surface area contributed by atoms with Crippen LogP contribution < -0.4 is 0 Å². The molecule has 0 atom stereocenters. The Morgan fingerprint density at radius 2 is 1.83 bits per heavy atom. The highest BCUT2D eigenvalue weighted by molar-refractivity contribution is 6.30. The van der Waals surface area contributed by atoms with Gasteiger partial charge in [0.25, 0.3) is 0 Å². The van der Waals surface area contributed by atoms with Crippen molar-refractivity contribution in [1.29, 1.82) is 0 Å². The van der Waals surface area contributed by atoms with Crippen molar-refractivity contribution in [2.45, 2.75) is 5.38 Å². The lowest BCUT2D eigenvalue weighted by molar-refractivity contribution is 0.0906. The molecule has 0 spiro atoms. The van der Waals surface area contributed by atoms with Crippen molar-refractivity contribution in [1.82, 2.24) is 0 Å². The monoisotopic (exact) mass is 214 g/mol. The molecular weight excluding hydrogens is 212 g/mol. The predicted molar refractivity (Wildman–Crippen MR) is 41.2 cm³/mol. The molecule has 0 N–H and O–H groups in total. The second-order valence-electron chi connectivity index (χ2n) is 2.12. The summed E-state index contributed by atoms with van der Waals surface area (Å²) in [5.74, 6) is -1.11. The Bertz CT molecular complexity index is 293. The van der Waals surface area contributed by atoms with Gasteiger partial charge in [0.15, 0.2) is 0 Å². The molecule has 0 amide bonds. The van der Waals surface area contributed by atoms with Gasteiger partial charge >= 0.3 is 5.38 Å². The van der Waals surface area contributed by atoms with Gasteiger partial charge < -0.3 is 0 Å². The lowest BCUT2D eigenvalue weighted by Gasteiger charge is -2.08. The van der Waals surface area contributed by atoms with Crippen LogP contribution in [0.25, 0.3) is 0 Å². The fourth-order valence-corrected chi connectivity index (χ4v) is 1.03. The number of hydrogen-bond acceptors (Lipinski definition) is 0. The summed E-state index contributed by atoms with van der Waals surface area (Å²) in [5.41, 5.74) is -0.867. The zero-order chi connectivity index (χ0) is 9.35. The highest BCUT2D eigenvalue weighted by Gasteiger charge is 2.31. The first-order valence-corrected chi connectivity index (χ1v) is 3.69. The summed E-state index contributed by atoms with van der Waals surface area (Å²) in [7, 11) is 0. The number of benzene rings is 1. The van der Waals surface area contributed by atoms with E-state index in [1.165, 1.54) is 0 Å². The largest absolute Gasteiger partial charge is 0.351 e. The van der Waals surface area contributed by atoms with E-state index in [4.69, 9.17) is 11.6 Å². The zero-order valence-corrected chi connectivity index (χ0v) is 7.13.